The third-order valence-electron chi connectivity index (χ3n) is 5.96. The smallest absolute Gasteiger partial charge is 0.323 e. The van der Waals surface area contributed by atoms with Crippen LogP contribution in [0.1, 0.15) is 28.8 Å². The van der Waals surface area contributed by atoms with E-state index in [1.165, 1.54) is 12.7 Å². The summed E-state index contributed by atoms with van der Waals surface area (Å²) in [6, 6.07) is 22.8. The van der Waals surface area contributed by atoms with Gasteiger partial charge < -0.3 is 20.7 Å². The van der Waals surface area contributed by atoms with Crippen molar-refractivity contribution in [1.29, 1.82) is 0 Å². The predicted octanol–water partition coefficient (Wildman–Crippen LogP) is 5.34. The summed E-state index contributed by atoms with van der Waals surface area (Å²) in [5.41, 5.74) is 2.99. The second-order valence-electron chi connectivity index (χ2n) is 8.51. The highest BCUT2D eigenvalue weighted by Gasteiger charge is 2.23. The third kappa shape index (κ3) is 7.19. The molecule has 0 unspecified atom stereocenters. The van der Waals surface area contributed by atoms with Gasteiger partial charge in [-0.2, -0.15) is 0 Å². The van der Waals surface area contributed by atoms with Crippen molar-refractivity contribution >= 4 is 45.9 Å². The minimum Gasteiger partial charge on any atom is -0.496 e. The molecule has 4 rings (SSSR count). The maximum atomic E-state index is 13.0. The Morgan fingerprint density at radius 3 is 2.34 bits per heavy atom. The molecule has 7 nitrogen and oxygen atoms in total. The first-order chi connectivity index (χ1) is 17.0. The zero-order chi connectivity index (χ0) is 24.6. The van der Waals surface area contributed by atoms with E-state index < -0.39 is 0 Å². The first-order valence-electron chi connectivity index (χ1n) is 11.6. The molecule has 3 amide bonds. The van der Waals surface area contributed by atoms with Gasteiger partial charge in [0.05, 0.1) is 12.7 Å². The van der Waals surface area contributed by atoms with E-state index in [9.17, 15) is 9.59 Å². The minimum atomic E-state index is -0.367. The number of likely N-dealkylation sites (tertiary alicyclic amines) is 1. The van der Waals surface area contributed by atoms with Crippen molar-refractivity contribution in [2.75, 3.05) is 30.8 Å². The summed E-state index contributed by atoms with van der Waals surface area (Å²) in [5, 5.41) is 8.73. The molecule has 0 aromatic heterocycles. The number of amides is 3. The second-order valence-corrected chi connectivity index (χ2v) is 9.76. The van der Waals surface area contributed by atoms with Crippen molar-refractivity contribution < 1.29 is 14.3 Å². The molecule has 35 heavy (non-hydrogen) atoms. The summed E-state index contributed by atoms with van der Waals surface area (Å²) in [4.78, 5) is 27.8. The molecule has 0 spiro atoms. The Hall–Kier alpha value is -3.11. The Kier molecular flexibility index (Phi) is 8.59. The number of benzene rings is 3. The van der Waals surface area contributed by atoms with Crippen LogP contribution in [0.5, 0.6) is 5.75 Å². The van der Waals surface area contributed by atoms with Crippen LogP contribution in [-0.4, -0.2) is 43.1 Å². The molecule has 1 aliphatic heterocycles. The number of hydrogen-bond acceptors (Lipinski definition) is 4. The fourth-order valence-electron chi connectivity index (χ4n) is 4.16. The fraction of sp³-hybridized carbons (Fsp3) is 0.259. The highest BCUT2D eigenvalue weighted by atomic mass is 127. The summed E-state index contributed by atoms with van der Waals surface area (Å²) in [6.45, 7) is 2.81. The monoisotopic (exact) mass is 584 g/mol. The van der Waals surface area contributed by atoms with Crippen LogP contribution in [0, 0.1) is 3.57 Å². The summed E-state index contributed by atoms with van der Waals surface area (Å²) < 4.78 is 6.48. The van der Waals surface area contributed by atoms with E-state index in [4.69, 9.17) is 4.74 Å². The maximum Gasteiger partial charge on any atom is 0.323 e. The molecular formula is C27H29IN4O3. The number of carbonyl (C=O) groups excluding carboxylic acids is 2. The van der Waals surface area contributed by atoms with Crippen LogP contribution >= 0.6 is 22.6 Å². The summed E-state index contributed by atoms with van der Waals surface area (Å²) in [7, 11) is 1.52. The number of rotatable bonds is 7. The van der Waals surface area contributed by atoms with Crippen LogP contribution < -0.4 is 20.7 Å². The SMILES string of the molecule is COc1cc(NC(=O)Nc2cccc(I)c2)ccc1C(=O)NC1CCN(Cc2ccccc2)CC1. The highest BCUT2D eigenvalue weighted by molar-refractivity contribution is 14.1. The maximum absolute atomic E-state index is 13.0. The topological polar surface area (TPSA) is 82.7 Å². The van der Waals surface area contributed by atoms with Gasteiger partial charge in [0, 0.05) is 46.7 Å². The molecule has 1 heterocycles. The molecule has 8 heteroatoms. The Labute approximate surface area is 219 Å². The number of methoxy groups -OCH3 is 1. The van der Waals surface area contributed by atoms with Gasteiger partial charge in [0.25, 0.3) is 5.91 Å². The number of anilines is 2. The number of nitrogens with zero attached hydrogens (tertiary/aromatic N) is 1. The number of urea groups is 1. The van der Waals surface area contributed by atoms with Crippen LogP contribution in [0.25, 0.3) is 0 Å². The van der Waals surface area contributed by atoms with Crippen molar-refractivity contribution in [3.8, 4) is 5.75 Å². The molecule has 3 aromatic carbocycles. The highest BCUT2D eigenvalue weighted by Crippen LogP contribution is 2.24. The lowest BCUT2D eigenvalue weighted by Crippen LogP contribution is -2.44. The number of nitrogens with one attached hydrogen (secondary N) is 3. The van der Waals surface area contributed by atoms with Crippen molar-refractivity contribution in [2.24, 2.45) is 0 Å². The van der Waals surface area contributed by atoms with E-state index in [-0.39, 0.29) is 18.0 Å². The molecule has 182 valence electrons. The van der Waals surface area contributed by atoms with Gasteiger partial charge >= 0.3 is 6.03 Å². The van der Waals surface area contributed by atoms with Gasteiger partial charge in [0.2, 0.25) is 0 Å². The molecule has 3 N–H and O–H groups in total. The Morgan fingerprint density at radius 2 is 1.66 bits per heavy atom. The van der Waals surface area contributed by atoms with Crippen LogP contribution in [0.4, 0.5) is 16.2 Å². The quantitative estimate of drug-likeness (QED) is 0.328. The lowest BCUT2D eigenvalue weighted by atomic mass is 10.0. The number of halogens is 1. The second kappa shape index (κ2) is 12.0. The first kappa shape index (κ1) is 25.0. The van der Waals surface area contributed by atoms with Gasteiger partial charge in [-0.05, 0) is 71.3 Å². The van der Waals surface area contributed by atoms with Crippen LogP contribution in [0.15, 0.2) is 72.8 Å². The summed E-state index contributed by atoms with van der Waals surface area (Å²) in [6.07, 6.45) is 1.80. The van der Waals surface area contributed by atoms with E-state index in [1.807, 2.05) is 30.3 Å². The first-order valence-corrected chi connectivity index (χ1v) is 12.7. The van der Waals surface area contributed by atoms with Crippen molar-refractivity contribution in [3.05, 3.63) is 87.5 Å². The molecule has 1 fully saturated rings. The molecule has 3 aromatic rings. The molecule has 1 saturated heterocycles. The molecule has 1 aliphatic rings. The van der Waals surface area contributed by atoms with Gasteiger partial charge in [-0.15, -0.1) is 0 Å². The molecule has 0 radical (unpaired) electrons. The Balaban J connectivity index is 1.30. The predicted molar refractivity (Wildman–Crippen MR) is 147 cm³/mol. The lowest BCUT2D eigenvalue weighted by molar-refractivity contribution is 0.0906. The molecule has 0 bridgehead atoms. The van der Waals surface area contributed by atoms with Crippen molar-refractivity contribution in [1.82, 2.24) is 10.2 Å². The van der Waals surface area contributed by atoms with Gasteiger partial charge in [-0.3, -0.25) is 9.69 Å². The zero-order valence-corrected chi connectivity index (χ0v) is 21.7. The standard InChI is InChI=1S/C27H29IN4O3/c1-35-25-17-23(31-27(34)30-22-9-5-8-20(28)16-22)10-11-24(25)26(33)29-21-12-14-32(15-13-21)18-19-6-3-2-4-7-19/h2-11,16-17,21H,12-15,18H2,1H3,(H,29,33)(H2,30,31,34). The number of ether oxygens (including phenoxy) is 1. The van der Waals surface area contributed by atoms with Crippen LogP contribution in [0.2, 0.25) is 0 Å². The van der Waals surface area contributed by atoms with Crippen molar-refractivity contribution in [3.63, 3.8) is 0 Å². The van der Waals surface area contributed by atoms with Crippen LogP contribution in [0.3, 0.4) is 0 Å². The normalized spacial score (nSPS) is 14.2. The van der Waals surface area contributed by atoms with Gasteiger partial charge in [0.1, 0.15) is 5.75 Å². The number of carbonyl (C=O) groups is 2. The molecule has 0 aliphatic carbocycles. The number of piperidine rings is 1. The van der Waals surface area contributed by atoms with E-state index in [0.29, 0.717) is 22.7 Å². The summed E-state index contributed by atoms with van der Waals surface area (Å²) in [5.74, 6) is 0.245. The van der Waals surface area contributed by atoms with Gasteiger partial charge in [-0.25, -0.2) is 4.79 Å². The average molecular weight is 584 g/mol. The summed E-state index contributed by atoms with van der Waals surface area (Å²) >= 11 is 2.19. The fourth-order valence-corrected chi connectivity index (χ4v) is 4.70. The van der Waals surface area contributed by atoms with Gasteiger partial charge in [-0.1, -0.05) is 36.4 Å². The molecule has 0 saturated carbocycles. The minimum absolute atomic E-state index is 0.122. The number of hydrogen-bond donors (Lipinski definition) is 3. The van der Waals surface area contributed by atoms with E-state index >= 15 is 0 Å². The van der Waals surface area contributed by atoms with E-state index in [2.05, 4.69) is 67.7 Å². The average Bonchev–Trinajstić information content (AvgIpc) is 2.85. The van der Waals surface area contributed by atoms with E-state index in [0.717, 1.165) is 36.0 Å². The van der Waals surface area contributed by atoms with E-state index in [1.54, 1.807) is 18.2 Å². The molecule has 0 atom stereocenters. The van der Waals surface area contributed by atoms with Crippen LogP contribution in [-0.2, 0) is 6.54 Å². The third-order valence-corrected chi connectivity index (χ3v) is 6.63. The zero-order valence-electron chi connectivity index (χ0n) is 19.6. The van der Waals surface area contributed by atoms with Gasteiger partial charge in [0.15, 0.2) is 0 Å². The largest absolute Gasteiger partial charge is 0.496 e. The van der Waals surface area contributed by atoms with Crippen molar-refractivity contribution in [2.45, 2.75) is 25.4 Å². The molecular weight excluding hydrogens is 555 g/mol. The Bertz CT molecular complexity index is 1160. The Morgan fingerprint density at radius 1 is 0.943 bits per heavy atom. The lowest BCUT2D eigenvalue weighted by Gasteiger charge is -2.32.